The second-order valence-electron chi connectivity index (χ2n) is 7.43. The zero-order valence-corrected chi connectivity index (χ0v) is 15.0. The number of carbonyl (C=O) groups excluding carboxylic acids is 2. The first kappa shape index (κ1) is 17.3. The Bertz CT molecular complexity index is 941. The second-order valence-corrected chi connectivity index (χ2v) is 7.43. The minimum atomic E-state index is -0.410. The van der Waals surface area contributed by atoms with Gasteiger partial charge in [-0.3, -0.25) is 9.59 Å². The topological polar surface area (TPSA) is 82.0 Å². The molecule has 0 saturated heterocycles. The van der Waals surface area contributed by atoms with Crippen LogP contribution in [-0.4, -0.2) is 11.8 Å². The van der Waals surface area contributed by atoms with E-state index in [9.17, 15) is 9.59 Å². The lowest BCUT2D eigenvalue weighted by Gasteiger charge is -2.43. The molecule has 2 aromatic carbocycles. The summed E-state index contributed by atoms with van der Waals surface area (Å²) in [6.07, 6.45) is 3.49. The molecule has 1 saturated carbocycles. The molecular weight excluding hydrogens is 338 g/mol. The van der Waals surface area contributed by atoms with E-state index in [1.807, 2.05) is 42.5 Å². The van der Waals surface area contributed by atoms with E-state index in [-0.39, 0.29) is 24.2 Å². The van der Waals surface area contributed by atoms with Crippen molar-refractivity contribution in [2.24, 2.45) is 5.92 Å². The molecule has 5 heteroatoms. The maximum absolute atomic E-state index is 12.7. The van der Waals surface area contributed by atoms with Crippen molar-refractivity contribution in [2.45, 2.75) is 37.6 Å². The van der Waals surface area contributed by atoms with E-state index in [1.165, 1.54) is 0 Å². The lowest BCUT2D eigenvalue weighted by molar-refractivity contribution is -0.129. The number of para-hydroxylation sites is 1. The number of fused-ring (bicyclic) bond motifs is 1. The summed E-state index contributed by atoms with van der Waals surface area (Å²) in [4.78, 5) is 25.1. The fourth-order valence-corrected chi connectivity index (χ4v) is 4.02. The van der Waals surface area contributed by atoms with Crippen molar-refractivity contribution >= 4 is 17.5 Å². The number of nitrogens with zero attached hydrogens (tertiary/aromatic N) is 1. The first-order valence-electron chi connectivity index (χ1n) is 9.30. The molecule has 2 aromatic rings. The zero-order chi connectivity index (χ0) is 18.9. The van der Waals surface area contributed by atoms with Crippen molar-refractivity contribution in [2.75, 3.05) is 5.32 Å². The first-order chi connectivity index (χ1) is 13.1. The van der Waals surface area contributed by atoms with Gasteiger partial charge in [-0.25, -0.2) is 0 Å². The normalized spacial score (nSPS) is 19.8. The Hall–Kier alpha value is -3.13. The molecule has 2 N–H and O–H groups in total. The molecule has 1 aliphatic heterocycles. The number of anilines is 1. The Balaban J connectivity index is 1.47. The van der Waals surface area contributed by atoms with Crippen LogP contribution in [0.15, 0.2) is 48.5 Å². The predicted molar refractivity (Wildman–Crippen MR) is 102 cm³/mol. The highest BCUT2D eigenvalue weighted by Gasteiger charge is 2.41. The van der Waals surface area contributed by atoms with Crippen LogP contribution in [0.4, 0.5) is 5.69 Å². The van der Waals surface area contributed by atoms with Gasteiger partial charge in [-0.15, -0.1) is 0 Å². The van der Waals surface area contributed by atoms with E-state index in [4.69, 9.17) is 5.26 Å². The Kier molecular flexibility index (Phi) is 4.41. The standard InChI is InChI=1S/C22H21N3O2/c23-14-15-5-3-7-18(11-15)22(9-4-10-22)25-20(26)13-17-12-16-6-1-2-8-19(16)24-21(17)27/h1-3,5-8,11,17H,4,9-10,12-13H2,(H,24,27)(H,25,26). The summed E-state index contributed by atoms with van der Waals surface area (Å²) >= 11 is 0. The minimum Gasteiger partial charge on any atom is -0.347 e. The summed E-state index contributed by atoms with van der Waals surface area (Å²) < 4.78 is 0. The van der Waals surface area contributed by atoms with Crippen LogP contribution in [-0.2, 0) is 21.5 Å². The highest BCUT2D eigenvalue weighted by atomic mass is 16.2. The monoisotopic (exact) mass is 359 g/mol. The van der Waals surface area contributed by atoms with Crippen LogP contribution in [0.2, 0.25) is 0 Å². The number of rotatable bonds is 4. The Morgan fingerprint density at radius 3 is 2.78 bits per heavy atom. The van der Waals surface area contributed by atoms with Crippen LogP contribution in [0, 0.1) is 17.2 Å². The molecule has 1 aliphatic carbocycles. The van der Waals surface area contributed by atoms with Crippen LogP contribution in [0.5, 0.6) is 0 Å². The van der Waals surface area contributed by atoms with E-state index in [1.54, 1.807) is 6.07 Å². The van der Waals surface area contributed by atoms with Crippen molar-refractivity contribution in [3.63, 3.8) is 0 Å². The van der Waals surface area contributed by atoms with E-state index in [0.29, 0.717) is 12.0 Å². The number of amides is 2. The van der Waals surface area contributed by atoms with Gasteiger partial charge in [-0.1, -0.05) is 30.3 Å². The molecule has 1 atom stereocenters. The number of hydrogen-bond donors (Lipinski definition) is 2. The molecule has 136 valence electrons. The summed E-state index contributed by atoms with van der Waals surface area (Å²) in [6.45, 7) is 0. The number of nitriles is 1. The molecule has 0 aromatic heterocycles. The highest BCUT2D eigenvalue weighted by molar-refractivity contribution is 5.98. The molecule has 0 bridgehead atoms. The SMILES string of the molecule is N#Cc1cccc(C2(NC(=O)CC3Cc4ccccc4NC3=O)CCC2)c1. The van der Waals surface area contributed by atoms with Crippen molar-refractivity contribution in [3.8, 4) is 6.07 Å². The van der Waals surface area contributed by atoms with E-state index in [0.717, 1.165) is 36.1 Å². The van der Waals surface area contributed by atoms with Crippen LogP contribution in [0.1, 0.15) is 42.4 Å². The molecule has 27 heavy (non-hydrogen) atoms. The van der Waals surface area contributed by atoms with Crippen molar-refractivity contribution in [1.82, 2.24) is 5.32 Å². The molecule has 0 spiro atoms. The fourth-order valence-electron chi connectivity index (χ4n) is 4.02. The Morgan fingerprint density at radius 1 is 1.22 bits per heavy atom. The van der Waals surface area contributed by atoms with Gasteiger partial charge in [-0.05, 0) is 55.0 Å². The molecule has 1 unspecified atom stereocenters. The van der Waals surface area contributed by atoms with E-state index >= 15 is 0 Å². The summed E-state index contributed by atoms with van der Waals surface area (Å²) in [5.74, 6) is -0.572. The molecule has 1 heterocycles. The summed E-state index contributed by atoms with van der Waals surface area (Å²) in [5.41, 5.74) is 3.06. The predicted octanol–water partition coefficient (Wildman–Crippen LogP) is 3.25. The van der Waals surface area contributed by atoms with Gasteiger partial charge in [0.25, 0.3) is 0 Å². The Labute approximate surface area is 158 Å². The molecule has 4 rings (SSSR count). The number of carbonyl (C=O) groups is 2. The number of benzene rings is 2. The molecular formula is C22H21N3O2. The average Bonchev–Trinajstić information content (AvgIpc) is 2.65. The molecule has 2 amide bonds. The van der Waals surface area contributed by atoms with Gasteiger partial charge in [0.05, 0.1) is 23.1 Å². The van der Waals surface area contributed by atoms with Gasteiger partial charge >= 0.3 is 0 Å². The van der Waals surface area contributed by atoms with Gasteiger partial charge in [0.2, 0.25) is 11.8 Å². The summed E-state index contributed by atoms with van der Waals surface area (Å²) in [7, 11) is 0. The van der Waals surface area contributed by atoms with Crippen LogP contribution in [0.3, 0.4) is 0 Å². The third-order valence-corrected chi connectivity index (χ3v) is 5.67. The maximum Gasteiger partial charge on any atom is 0.228 e. The maximum atomic E-state index is 12.7. The number of hydrogen-bond acceptors (Lipinski definition) is 3. The second kappa shape index (κ2) is 6.88. The summed E-state index contributed by atoms with van der Waals surface area (Å²) in [5, 5.41) is 15.2. The van der Waals surface area contributed by atoms with Crippen LogP contribution >= 0.6 is 0 Å². The van der Waals surface area contributed by atoms with Crippen molar-refractivity contribution < 1.29 is 9.59 Å². The average molecular weight is 359 g/mol. The molecule has 1 fully saturated rings. The highest BCUT2D eigenvalue weighted by Crippen LogP contribution is 2.41. The zero-order valence-electron chi connectivity index (χ0n) is 15.0. The third-order valence-electron chi connectivity index (χ3n) is 5.67. The number of nitrogens with one attached hydrogen (secondary N) is 2. The Morgan fingerprint density at radius 2 is 2.04 bits per heavy atom. The van der Waals surface area contributed by atoms with Gasteiger partial charge < -0.3 is 10.6 Å². The molecule has 5 nitrogen and oxygen atoms in total. The quantitative estimate of drug-likeness (QED) is 0.879. The minimum absolute atomic E-state index is 0.0991. The van der Waals surface area contributed by atoms with Gasteiger partial charge in [0.15, 0.2) is 0 Å². The van der Waals surface area contributed by atoms with Gasteiger partial charge in [0.1, 0.15) is 0 Å². The molecule has 0 radical (unpaired) electrons. The van der Waals surface area contributed by atoms with Gasteiger partial charge in [-0.2, -0.15) is 5.26 Å². The van der Waals surface area contributed by atoms with Crippen LogP contribution in [0.25, 0.3) is 0 Å². The first-order valence-corrected chi connectivity index (χ1v) is 9.30. The van der Waals surface area contributed by atoms with E-state index in [2.05, 4.69) is 16.7 Å². The third kappa shape index (κ3) is 3.31. The smallest absolute Gasteiger partial charge is 0.228 e. The van der Waals surface area contributed by atoms with Crippen molar-refractivity contribution in [1.29, 1.82) is 5.26 Å². The van der Waals surface area contributed by atoms with Gasteiger partial charge in [0, 0.05) is 12.1 Å². The molecule has 2 aliphatic rings. The van der Waals surface area contributed by atoms with Crippen LogP contribution < -0.4 is 10.6 Å². The lowest BCUT2D eigenvalue weighted by Crippen LogP contribution is -2.51. The van der Waals surface area contributed by atoms with E-state index < -0.39 is 5.54 Å². The summed E-state index contributed by atoms with van der Waals surface area (Å²) in [6, 6.07) is 17.3. The largest absolute Gasteiger partial charge is 0.347 e. The van der Waals surface area contributed by atoms with Crippen molar-refractivity contribution in [3.05, 3.63) is 65.2 Å². The fraction of sp³-hybridized carbons (Fsp3) is 0.318. The lowest BCUT2D eigenvalue weighted by atomic mass is 9.71.